The molecule has 5 heteroatoms. The fraction of sp³-hybridized carbons (Fsp3) is 0.294. The summed E-state index contributed by atoms with van der Waals surface area (Å²) in [5.41, 5.74) is 2.03. The molecule has 3 rings (SSSR count). The summed E-state index contributed by atoms with van der Waals surface area (Å²) in [5, 5.41) is 1.08. The number of allylic oxidation sites excluding steroid dienone is 2. The number of aliphatic imine (C=N–C) groups is 1. The maximum Gasteiger partial charge on any atom is 0.247 e. The van der Waals surface area contributed by atoms with Crippen molar-refractivity contribution in [2.24, 2.45) is 4.99 Å². The van der Waals surface area contributed by atoms with Crippen molar-refractivity contribution in [2.45, 2.75) is 25.7 Å². The molecule has 2 aliphatic rings. The van der Waals surface area contributed by atoms with Crippen molar-refractivity contribution in [3.63, 3.8) is 0 Å². The Bertz CT molecular complexity index is 692. The lowest BCUT2D eigenvalue weighted by atomic mass is 10.0. The Labute approximate surface area is 139 Å². The predicted molar refractivity (Wildman–Crippen MR) is 91.2 cm³/mol. The van der Waals surface area contributed by atoms with Crippen LogP contribution in [0.3, 0.4) is 0 Å². The highest BCUT2D eigenvalue weighted by molar-refractivity contribution is 6.42. The molecule has 0 saturated heterocycles. The second kappa shape index (κ2) is 6.67. The Balaban J connectivity index is 1.92. The smallest absolute Gasteiger partial charge is 0.247 e. The van der Waals surface area contributed by atoms with Gasteiger partial charge >= 0.3 is 0 Å². The molecule has 3 nitrogen and oxygen atoms in total. The summed E-state index contributed by atoms with van der Waals surface area (Å²) in [6.45, 7) is 0.862. The van der Waals surface area contributed by atoms with Gasteiger partial charge in [0.25, 0.3) is 0 Å². The van der Waals surface area contributed by atoms with Crippen molar-refractivity contribution in [1.82, 2.24) is 4.90 Å². The van der Waals surface area contributed by atoms with Crippen molar-refractivity contribution >= 4 is 40.5 Å². The van der Waals surface area contributed by atoms with Crippen molar-refractivity contribution in [3.05, 3.63) is 52.2 Å². The summed E-state index contributed by atoms with van der Waals surface area (Å²) in [5.74, 6) is 0.675. The number of carbonyl (C=O) groups is 1. The van der Waals surface area contributed by atoms with Crippen LogP contribution in [-0.4, -0.2) is 23.2 Å². The van der Waals surface area contributed by atoms with Gasteiger partial charge in [-0.3, -0.25) is 4.79 Å². The molecule has 1 amide bonds. The summed E-state index contributed by atoms with van der Waals surface area (Å²) in [4.78, 5) is 18.0. The summed E-state index contributed by atoms with van der Waals surface area (Å²) in [7, 11) is 0. The van der Waals surface area contributed by atoms with Gasteiger partial charge in [-0.1, -0.05) is 35.7 Å². The molecule has 0 aliphatic carbocycles. The Kier molecular flexibility index (Phi) is 4.65. The Morgan fingerprint density at radius 3 is 2.73 bits per heavy atom. The lowest BCUT2D eigenvalue weighted by molar-refractivity contribution is -0.117. The molecule has 1 aromatic carbocycles. The van der Waals surface area contributed by atoms with Crippen LogP contribution >= 0.6 is 23.2 Å². The van der Waals surface area contributed by atoms with E-state index in [-0.39, 0.29) is 5.91 Å². The second-order valence-corrected chi connectivity index (χ2v) is 6.23. The van der Waals surface area contributed by atoms with Crippen molar-refractivity contribution < 1.29 is 4.79 Å². The van der Waals surface area contributed by atoms with Crippen LogP contribution in [-0.2, 0) is 4.79 Å². The molecule has 22 heavy (non-hydrogen) atoms. The minimum absolute atomic E-state index is 0.0436. The van der Waals surface area contributed by atoms with Crippen LogP contribution in [0.1, 0.15) is 31.2 Å². The number of benzene rings is 1. The van der Waals surface area contributed by atoms with Crippen LogP contribution in [0, 0.1) is 0 Å². The zero-order chi connectivity index (χ0) is 15.5. The Hall–Kier alpha value is -1.58. The van der Waals surface area contributed by atoms with Gasteiger partial charge in [0.05, 0.1) is 10.0 Å². The number of hydrogen-bond acceptors (Lipinski definition) is 2. The predicted octanol–water partition coefficient (Wildman–Crippen LogP) is 4.71. The van der Waals surface area contributed by atoms with E-state index in [1.165, 1.54) is 0 Å². The largest absolute Gasteiger partial charge is 0.332 e. The van der Waals surface area contributed by atoms with E-state index >= 15 is 0 Å². The van der Waals surface area contributed by atoms with Gasteiger partial charge in [0, 0.05) is 19.2 Å². The fourth-order valence-corrected chi connectivity index (χ4v) is 2.88. The maximum absolute atomic E-state index is 11.8. The number of fused-ring (bicyclic) bond motifs is 1. The third-order valence-electron chi connectivity index (χ3n) is 3.78. The quantitative estimate of drug-likeness (QED) is 0.745. The first kappa shape index (κ1) is 15.3. The summed E-state index contributed by atoms with van der Waals surface area (Å²) in [6.07, 6.45) is 9.42. The molecule has 0 spiro atoms. The van der Waals surface area contributed by atoms with Gasteiger partial charge in [-0.15, -0.1) is 0 Å². The van der Waals surface area contributed by atoms with Crippen molar-refractivity contribution in [2.75, 3.05) is 6.54 Å². The van der Waals surface area contributed by atoms with E-state index in [1.807, 2.05) is 35.4 Å². The van der Waals surface area contributed by atoms with E-state index in [9.17, 15) is 4.79 Å². The average Bonchev–Trinajstić information content (AvgIpc) is 2.59. The first-order valence-corrected chi connectivity index (χ1v) is 8.12. The highest BCUT2D eigenvalue weighted by Crippen LogP contribution is 2.28. The van der Waals surface area contributed by atoms with Crippen LogP contribution in [0.5, 0.6) is 0 Å². The third-order valence-corrected chi connectivity index (χ3v) is 4.52. The van der Waals surface area contributed by atoms with Crippen LogP contribution in [0.2, 0.25) is 10.0 Å². The molecule has 114 valence electrons. The SMILES string of the molecule is O=C1CCCCCN2C=C(c3ccc(Cl)c(Cl)c3)C=C/C2=N/1. The summed E-state index contributed by atoms with van der Waals surface area (Å²) in [6, 6.07) is 5.58. The Morgan fingerprint density at radius 1 is 1.05 bits per heavy atom. The minimum Gasteiger partial charge on any atom is -0.332 e. The number of rotatable bonds is 1. The number of nitrogens with zero attached hydrogens (tertiary/aromatic N) is 2. The normalized spacial score (nSPS) is 21.2. The molecule has 0 radical (unpaired) electrons. The topological polar surface area (TPSA) is 32.7 Å². The Morgan fingerprint density at radius 2 is 1.91 bits per heavy atom. The molecule has 0 fully saturated rings. The fourth-order valence-electron chi connectivity index (χ4n) is 2.58. The van der Waals surface area contributed by atoms with E-state index in [0.717, 1.165) is 42.8 Å². The molecule has 0 aromatic heterocycles. The number of carbonyl (C=O) groups excluding carboxylic acids is 1. The first-order chi connectivity index (χ1) is 10.6. The van der Waals surface area contributed by atoms with Gasteiger partial charge in [0.1, 0.15) is 5.84 Å². The molecule has 0 saturated carbocycles. The third kappa shape index (κ3) is 3.42. The van der Waals surface area contributed by atoms with Crippen LogP contribution in [0.4, 0.5) is 0 Å². The van der Waals surface area contributed by atoms with Gasteiger partial charge in [0.2, 0.25) is 5.91 Å². The van der Waals surface area contributed by atoms with Crippen LogP contribution in [0.15, 0.2) is 41.5 Å². The van der Waals surface area contributed by atoms with E-state index in [1.54, 1.807) is 6.07 Å². The van der Waals surface area contributed by atoms with Crippen LogP contribution < -0.4 is 0 Å². The zero-order valence-corrected chi connectivity index (χ0v) is 13.6. The highest BCUT2D eigenvalue weighted by atomic mass is 35.5. The highest BCUT2D eigenvalue weighted by Gasteiger charge is 2.16. The van der Waals surface area contributed by atoms with E-state index < -0.39 is 0 Å². The standard InChI is InChI=1S/C17H16Cl2N2O/c18-14-7-5-12(10-15(14)19)13-6-8-16-20-17(22)4-2-1-3-9-21(16)11-13/h5-8,10-11H,1-4,9H2/b20-16-. The second-order valence-electron chi connectivity index (χ2n) is 5.41. The first-order valence-electron chi connectivity index (χ1n) is 7.37. The number of hydrogen-bond donors (Lipinski definition) is 0. The molecule has 0 unspecified atom stereocenters. The number of amides is 1. The average molecular weight is 335 g/mol. The van der Waals surface area contributed by atoms with Gasteiger partial charge in [-0.2, -0.15) is 4.99 Å². The minimum atomic E-state index is -0.0436. The summed E-state index contributed by atoms with van der Waals surface area (Å²) < 4.78 is 0. The molecule has 0 N–H and O–H groups in total. The maximum atomic E-state index is 11.8. The molecule has 0 atom stereocenters. The molecule has 0 bridgehead atoms. The molecular weight excluding hydrogens is 319 g/mol. The zero-order valence-electron chi connectivity index (χ0n) is 12.1. The van der Waals surface area contributed by atoms with E-state index in [0.29, 0.717) is 16.5 Å². The van der Waals surface area contributed by atoms with Gasteiger partial charge in [-0.05, 0) is 48.3 Å². The van der Waals surface area contributed by atoms with Gasteiger partial charge in [0.15, 0.2) is 0 Å². The van der Waals surface area contributed by atoms with Gasteiger partial charge in [-0.25, -0.2) is 0 Å². The lowest BCUT2D eigenvalue weighted by Crippen LogP contribution is -2.28. The summed E-state index contributed by atoms with van der Waals surface area (Å²) >= 11 is 12.1. The van der Waals surface area contributed by atoms with Crippen molar-refractivity contribution in [1.29, 1.82) is 0 Å². The van der Waals surface area contributed by atoms with Crippen LogP contribution in [0.25, 0.3) is 5.57 Å². The monoisotopic (exact) mass is 334 g/mol. The number of halogens is 2. The molecule has 2 heterocycles. The van der Waals surface area contributed by atoms with E-state index in [2.05, 4.69) is 4.99 Å². The van der Waals surface area contributed by atoms with E-state index in [4.69, 9.17) is 23.2 Å². The number of amidine groups is 1. The molecule has 2 aliphatic heterocycles. The molecular formula is C17H16Cl2N2O. The van der Waals surface area contributed by atoms with Gasteiger partial charge < -0.3 is 4.90 Å². The van der Waals surface area contributed by atoms with Crippen molar-refractivity contribution in [3.8, 4) is 0 Å². The lowest BCUT2D eigenvalue weighted by Gasteiger charge is -2.24. The molecule has 1 aromatic rings.